The molecule has 11 heteroatoms. The molecule has 0 saturated heterocycles. The number of ether oxygens (including phenoxy) is 1. The van der Waals surface area contributed by atoms with Crippen molar-refractivity contribution in [3.8, 4) is 22.8 Å². The molecule has 30 heavy (non-hydrogen) atoms. The van der Waals surface area contributed by atoms with Gasteiger partial charge in [-0.15, -0.1) is 11.3 Å². The van der Waals surface area contributed by atoms with E-state index in [1.165, 1.54) is 18.3 Å². The average molecular weight is 465 g/mol. The minimum Gasteiger partial charge on any atom is -0.454 e. The van der Waals surface area contributed by atoms with Gasteiger partial charge in [-0.2, -0.15) is 5.10 Å². The fourth-order valence-corrected chi connectivity index (χ4v) is 4.70. The first-order valence-corrected chi connectivity index (χ1v) is 11.3. The van der Waals surface area contributed by atoms with Gasteiger partial charge in [-0.05, 0) is 42.5 Å². The first-order chi connectivity index (χ1) is 14.3. The van der Waals surface area contributed by atoms with E-state index in [0.29, 0.717) is 16.3 Å². The van der Waals surface area contributed by atoms with Crippen LogP contribution in [0.3, 0.4) is 0 Å². The Morgan fingerprint density at radius 2 is 1.93 bits per heavy atom. The molecular formula is C19H14ClFN4O3S2. The second kappa shape index (κ2) is 8.05. The summed E-state index contributed by atoms with van der Waals surface area (Å²) in [6.45, 7) is 0. The van der Waals surface area contributed by atoms with Gasteiger partial charge in [-0.1, -0.05) is 11.6 Å². The summed E-state index contributed by atoms with van der Waals surface area (Å²) in [4.78, 5) is 3.62. The molecule has 0 aliphatic carbocycles. The van der Waals surface area contributed by atoms with Crippen LogP contribution < -0.4 is 9.46 Å². The summed E-state index contributed by atoms with van der Waals surface area (Å²) in [6, 6.07) is 10.1. The van der Waals surface area contributed by atoms with Crippen LogP contribution in [0.15, 0.2) is 65.1 Å². The zero-order valence-corrected chi connectivity index (χ0v) is 17.8. The summed E-state index contributed by atoms with van der Waals surface area (Å²) in [5, 5.41) is 6.42. The van der Waals surface area contributed by atoms with Crippen molar-refractivity contribution < 1.29 is 17.5 Å². The van der Waals surface area contributed by atoms with Gasteiger partial charge in [0.15, 0.2) is 16.7 Å². The molecule has 0 amide bonds. The van der Waals surface area contributed by atoms with Crippen molar-refractivity contribution in [1.29, 1.82) is 0 Å². The number of thiazole rings is 1. The SMILES string of the molecule is Cn1nccc1-c1cc(Cl)ccc1Oc1ccc(S(=O)(=O)Nc2nccs2)cc1F. The molecule has 0 aliphatic heterocycles. The molecule has 2 heterocycles. The predicted octanol–water partition coefficient (Wildman–Crippen LogP) is 4.93. The van der Waals surface area contributed by atoms with E-state index < -0.39 is 15.8 Å². The van der Waals surface area contributed by atoms with Crippen molar-refractivity contribution in [1.82, 2.24) is 14.8 Å². The van der Waals surface area contributed by atoms with E-state index in [0.717, 1.165) is 23.1 Å². The van der Waals surface area contributed by atoms with E-state index in [2.05, 4.69) is 14.8 Å². The molecule has 0 fully saturated rings. The summed E-state index contributed by atoms with van der Waals surface area (Å²) in [6.07, 6.45) is 3.09. The normalized spacial score (nSPS) is 11.4. The molecule has 0 bridgehead atoms. The summed E-state index contributed by atoms with van der Waals surface area (Å²) in [5.74, 6) is -0.615. The largest absolute Gasteiger partial charge is 0.454 e. The predicted molar refractivity (Wildman–Crippen MR) is 113 cm³/mol. The lowest BCUT2D eigenvalue weighted by Crippen LogP contribution is -2.13. The maximum absolute atomic E-state index is 14.7. The lowest BCUT2D eigenvalue weighted by molar-refractivity contribution is 0.441. The third-order valence-electron chi connectivity index (χ3n) is 4.13. The van der Waals surface area contributed by atoms with Gasteiger partial charge in [0.05, 0.1) is 10.6 Å². The fourth-order valence-electron chi connectivity index (χ4n) is 2.73. The summed E-state index contributed by atoms with van der Waals surface area (Å²) >= 11 is 7.23. The number of nitrogens with one attached hydrogen (secondary N) is 1. The van der Waals surface area contributed by atoms with Crippen LogP contribution >= 0.6 is 22.9 Å². The third-order valence-corrected chi connectivity index (χ3v) is 6.52. The number of aryl methyl sites for hydroxylation is 1. The minimum atomic E-state index is -3.98. The molecule has 0 radical (unpaired) electrons. The number of hydrogen-bond acceptors (Lipinski definition) is 6. The molecular weight excluding hydrogens is 451 g/mol. The highest BCUT2D eigenvalue weighted by Crippen LogP contribution is 2.36. The van der Waals surface area contributed by atoms with Crippen molar-refractivity contribution in [2.45, 2.75) is 4.90 Å². The number of sulfonamides is 1. The smallest absolute Gasteiger partial charge is 0.263 e. The molecule has 0 unspecified atom stereocenters. The van der Waals surface area contributed by atoms with Crippen molar-refractivity contribution in [2.75, 3.05) is 4.72 Å². The summed E-state index contributed by atoms with van der Waals surface area (Å²) in [5.41, 5.74) is 1.34. The second-order valence-electron chi connectivity index (χ2n) is 6.12. The van der Waals surface area contributed by atoms with Gasteiger partial charge in [-0.3, -0.25) is 9.40 Å². The van der Waals surface area contributed by atoms with Gasteiger partial charge in [0.25, 0.3) is 10.0 Å². The average Bonchev–Trinajstić information content (AvgIpc) is 3.35. The molecule has 4 rings (SSSR count). The van der Waals surface area contributed by atoms with Gasteiger partial charge in [0.1, 0.15) is 5.75 Å². The van der Waals surface area contributed by atoms with Crippen LogP contribution in [0.4, 0.5) is 9.52 Å². The zero-order valence-electron chi connectivity index (χ0n) is 15.4. The Bertz CT molecular complexity index is 1310. The monoisotopic (exact) mass is 464 g/mol. The topological polar surface area (TPSA) is 86.1 Å². The molecule has 1 N–H and O–H groups in total. The lowest BCUT2D eigenvalue weighted by Gasteiger charge is -2.13. The van der Waals surface area contributed by atoms with Gasteiger partial charge >= 0.3 is 0 Å². The van der Waals surface area contributed by atoms with E-state index in [1.54, 1.807) is 47.6 Å². The van der Waals surface area contributed by atoms with Crippen LogP contribution in [0.5, 0.6) is 11.5 Å². The van der Waals surface area contributed by atoms with Gasteiger partial charge in [-0.25, -0.2) is 17.8 Å². The molecule has 0 atom stereocenters. The molecule has 154 valence electrons. The van der Waals surface area contributed by atoms with E-state index in [9.17, 15) is 12.8 Å². The van der Waals surface area contributed by atoms with Crippen LogP contribution in [-0.4, -0.2) is 23.2 Å². The maximum atomic E-state index is 14.7. The van der Waals surface area contributed by atoms with Crippen LogP contribution in [0, 0.1) is 5.82 Å². The quantitative estimate of drug-likeness (QED) is 0.437. The number of aromatic nitrogens is 3. The number of anilines is 1. The van der Waals surface area contributed by atoms with Crippen molar-refractivity contribution >= 4 is 38.1 Å². The van der Waals surface area contributed by atoms with Gasteiger partial charge in [0, 0.05) is 35.4 Å². The Morgan fingerprint density at radius 1 is 1.13 bits per heavy atom. The Labute approximate surface area is 180 Å². The van der Waals surface area contributed by atoms with Crippen molar-refractivity contribution in [3.63, 3.8) is 0 Å². The molecule has 2 aromatic heterocycles. The van der Waals surface area contributed by atoms with E-state index in [-0.39, 0.29) is 15.8 Å². The minimum absolute atomic E-state index is 0.131. The standard InChI is InChI=1S/C19H14ClFN4O3S2/c1-25-16(6-7-23-25)14-10-12(20)2-4-17(14)28-18-5-3-13(11-15(18)21)30(26,27)24-19-22-8-9-29-19/h2-11H,1H3,(H,22,24). The highest BCUT2D eigenvalue weighted by Gasteiger charge is 2.19. The number of nitrogens with zero attached hydrogens (tertiary/aromatic N) is 3. The Morgan fingerprint density at radius 3 is 2.60 bits per heavy atom. The molecule has 0 aliphatic rings. The lowest BCUT2D eigenvalue weighted by atomic mass is 10.1. The first-order valence-electron chi connectivity index (χ1n) is 8.51. The van der Waals surface area contributed by atoms with Crippen molar-refractivity contribution in [3.05, 3.63) is 71.1 Å². The van der Waals surface area contributed by atoms with Crippen LogP contribution in [0.2, 0.25) is 5.02 Å². The summed E-state index contributed by atoms with van der Waals surface area (Å²) < 4.78 is 49.2. The highest BCUT2D eigenvalue weighted by atomic mass is 35.5. The second-order valence-corrected chi connectivity index (χ2v) is 9.13. The van der Waals surface area contributed by atoms with E-state index in [4.69, 9.17) is 16.3 Å². The van der Waals surface area contributed by atoms with Crippen LogP contribution in [-0.2, 0) is 17.1 Å². The first kappa shape index (κ1) is 20.3. The summed E-state index contributed by atoms with van der Waals surface area (Å²) in [7, 11) is -2.22. The Balaban J connectivity index is 1.65. The molecule has 4 aromatic rings. The Kier molecular flexibility index (Phi) is 5.46. The zero-order chi connectivity index (χ0) is 21.3. The van der Waals surface area contributed by atoms with Gasteiger partial charge < -0.3 is 4.74 Å². The van der Waals surface area contributed by atoms with Crippen molar-refractivity contribution in [2.24, 2.45) is 7.05 Å². The molecule has 2 aromatic carbocycles. The van der Waals surface area contributed by atoms with E-state index >= 15 is 0 Å². The third kappa shape index (κ3) is 4.16. The van der Waals surface area contributed by atoms with Crippen LogP contribution in [0.1, 0.15) is 0 Å². The van der Waals surface area contributed by atoms with Gasteiger partial charge in [0.2, 0.25) is 0 Å². The number of halogens is 2. The van der Waals surface area contributed by atoms with E-state index in [1.807, 2.05) is 0 Å². The highest BCUT2D eigenvalue weighted by molar-refractivity contribution is 7.93. The number of hydrogen-bond donors (Lipinski definition) is 1. The Hall–Kier alpha value is -2.95. The maximum Gasteiger partial charge on any atom is 0.263 e. The number of benzene rings is 2. The fraction of sp³-hybridized carbons (Fsp3) is 0.0526. The number of rotatable bonds is 6. The molecule has 0 saturated carbocycles. The molecule has 7 nitrogen and oxygen atoms in total. The van der Waals surface area contributed by atoms with Crippen LogP contribution in [0.25, 0.3) is 11.3 Å². The molecule has 0 spiro atoms.